The van der Waals surface area contributed by atoms with Gasteiger partial charge in [-0.3, -0.25) is 9.89 Å². The van der Waals surface area contributed by atoms with Crippen LogP contribution < -0.4 is 0 Å². The van der Waals surface area contributed by atoms with Crippen LogP contribution in [0.3, 0.4) is 0 Å². The first-order valence-electron chi connectivity index (χ1n) is 5.22. The molecule has 0 saturated carbocycles. The third-order valence-corrected chi connectivity index (χ3v) is 2.80. The minimum Gasteiger partial charge on any atom is -0.280 e. The standard InChI is InChI=1S/C11H24N2/c1-7-10(8-2)13(6)11(4,5)12-9-3/h9-10H,7-8H2,1-6H3. The Labute approximate surface area is 83.0 Å². The molecule has 0 aliphatic heterocycles. The Morgan fingerprint density at radius 3 is 2.08 bits per heavy atom. The highest BCUT2D eigenvalue weighted by atomic mass is 15.3. The molecule has 2 nitrogen and oxygen atoms in total. The molecule has 0 aromatic rings. The van der Waals surface area contributed by atoms with E-state index in [1.807, 2.05) is 13.1 Å². The summed E-state index contributed by atoms with van der Waals surface area (Å²) in [4.78, 5) is 6.83. The first kappa shape index (κ1) is 12.6. The summed E-state index contributed by atoms with van der Waals surface area (Å²) >= 11 is 0. The Bertz CT molecular complexity index is 157. The average Bonchev–Trinajstić information content (AvgIpc) is 2.06. The lowest BCUT2D eigenvalue weighted by atomic mass is 10.1. The van der Waals surface area contributed by atoms with Gasteiger partial charge in [0.15, 0.2) is 0 Å². The van der Waals surface area contributed by atoms with Crippen molar-refractivity contribution in [1.82, 2.24) is 4.90 Å². The van der Waals surface area contributed by atoms with Crippen LogP contribution in [0.2, 0.25) is 0 Å². The van der Waals surface area contributed by atoms with Crippen molar-refractivity contribution in [2.45, 2.75) is 59.2 Å². The van der Waals surface area contributed by atoms with Crippen molar-refractivity contribution in [1.29, 1.82) is 0 Å². The summed E-state index contributed by atoms with van der Waals surface area (Å²) < 4.78 is 0. The molecular formula is C11H24N2. The fourth-order valence-electron chi connectivity index (χ4n) is 1.69. The van der Waals surface area contributed by atoms with Gasteiger partial charge >= 0.3 is 0 Å². The van der Waals surface area contributed by atoms with E-state index in [1.54, 1.807) is 0 Å². The van der Waals surface area contributed by atoms with E-state index in [9.17, 15) is 0 Å². The Morgan fingerprint density at radius 1 is 1.31 bits per heavy atom. The highest BCUT2D eigenvalue weighted by molar-refractivity contribution is 5.53. The molecule has 0 spiro atoms. The van der Waals surface area contributed by atoms with Crippen molar-refractivity contribution in [3.8, 4) is 0 Å². The van der Waals surface area contributed by atoms with E-state index in [2.05, 4.69) is 44.6 Å². The summed E-state index contributed by atoms with van der Waals surface area (Å²) in [6, 6.07) is 0.638. The highest BCUT2D eigenvalue weighted by Crippen LogP contribution is 2.19. The molecule has 0 aromatic heterocycles. The molecule has 13 heavy (non-hydrogen) atoms. The summed E-state index contributed by atoms with van der Waals surface area (Å²) in [5.74, 6) is 0. The Hall–Kier alpha value is -0.370. The third kappa shape index (κ3) is 3.47. The minimum atomic E-state index is -0.0641. The van der Waals surface area contributed by atoms with E-state index >= 15 is 0 Å². The van der Waals surface area contributed by atoms with Gasteiger partial charge in [-0.2, -0.15) is 0 Å². The van der Waals surface area contributed by atoms with E-state index in [0.717, 1.165) is 0 Å². The number of rotatable bonds is 5. The molecule has 0 N–H and O–H groups in total. The number of hydrogen-bond acceptors (Lipinski definition) is 2. The largest absolute Gasteiger partial charge is 0.280 e. The van der Waals surface area contributed by atoms with Crippen molar-refractivity contribution in [3.63, 3.8) is 0 Å². The number of aliphatic imine (C=N–C) groups is 1. The van der Waals surface area contributed by atoms with Gasteiger partial charge in [-0.05, 0) is 46.9 Å². The zero-order valence-electron chi connectivity index (χ0n) is 9.96. The fourth-order valence-corrected chi connectivity index (χ4v) is 1.69. The molecule has 0 unspecified atom stereocenters. The van der Waals surface area contributed by atoms with Gasteiger partial charge in [-0.1, -0.05) is 13.8 Å². The Morgan fingerprint density at radius 2 is 1.77 bits per heavy atom. The van der Waals surface area contributed by atoms with Gasteiger partial charge in [0.1, 0.15) is 5.66 Å². The van der Waals surface area contributed by atoms with Crippen LogP contribution in [0.25, 0.3) is 0 Å². The Kier molecular flexibility index (Phi) is 5.23. The quantitative estimate of drug-likeness (QED) is 0.600. The summed E-state index contributed by atoms with van der Waals surface area (Å²) in [5, 5.41) is 0. The van der Waals surface area contributed by atoms with Gasteiger partial charge in [0, 0.05) is 6.04 Å². The highest BCUT2D eigenvalue weighted by Gasteiger charge is 2.25. The van der Waals surface area contributed by atoms with Crippen LogP contribution in [0.1, 0.15) is 47.5 Å². The van der Waals surface area contributed by atoms with Crippen LogP contribution in [0.4, 0.5) is 0 Å². The molecule has 0 saturated heterocycles. The van der Waals surface area contributed by atoms with E-state index in [0.29, 0.717) is 6.04 Å². The molecule has 0 aliphatic carbocycles. The monoisotopic (exact) mass is 184 g/mol. The van der Waals surface area contributed by atoms with Crippen LogP contribution in [0, 0.1) is 0 Å². The van der Waals surface area contributed by atoms with Crippen LogP contribution in [-0.2, 0) is 0 Å². The molecular weight excluding hydrogens is 160 g/mol. The number of hydrogen-bond donors (Lipinski definition) is 0. The zero-order chi connectivity index (χ0) is 10.5. The summed E-state index contributed by atoms with van der Waals surface area (Å²) in [6.07, 6.45) is 4.27. The average molecular weight is 184 g/mol. The lowest BCUT2D eigenvalue weighted by molar-refractivity contribution is 0.103. The minimum absolute atomic E-state index is 0.0641. The van der Waals surface area contributed by atoms with Crippen molar-refractivity contribution < 1.29 is 0 Å². The first-order valence-corrected chi connectivity index (χ1v) is 5.22. The van der Waals surface area contributed by atoms with Crippen molar-refractivity contribution in [3.05, 3.63) is 0 Å². The fraction of sp³-hybridized carbons (Fsp3) is 0.909. The SMILES string of the molecule is CC=NC(C)(C)N(C)C(CC)CC. The number of nitrogens with zero attached hydrogens (tertiary/aromatic N) is 2. The molecule has 78 valence electrons. The second-order valence-corrected chi connectivity index (χ2v) is 3.96. The van der Waals surface area contributed by atoms with Crippen molar-refractivity contribution in [2.24, 2.45) is 4.99 Å². The lowest BCUT2D eigenvalue weighted by Crippen LogP contribution is -2.45. The maximum atomic E-state index is 4.47. The molecule has 0 radical (unpaired) electrons. The molecule has 0 heterocycles. The second-order valence-electron chi connectivity index (χ2n) is 3.96. The van der Waals surface area contributed by atoms with E-state index < -0.39 is 0 Å². The molecule has 0 aliphatic rings. The summed E-state index contributed by atoms with van der Waals surface area (Å²) in [7, 11) is 2.16. The topological polar surface area (TPSA) is 15.6 Å². The van der Waals surface area contributed by atoms with Gasteiger partial charge in [0.05, 0.1) is 0 Å². The molecule has 0 amide bonds. The molecule has 0 atom stereocenters. The van der Waals surface area contributed by atoms with Crippen LogP contribution >= 0.6 is 0 Å². The molecule has 0 fully saturated rings. The van der Waals surface area contributed by atoms with Crippen molar-refractivity contribution >= 4 is 6.21 Å². The maximum absolute atomic E-state index is 4.47. The first-order chi connectivity index (χ1) is 5.99. The normalized spacial score (nSPS) is 13.5. The molecule has 0 rings (SSSR count). The van der Waals surface area contributed by atoms with Gasteiger partial charge in [0.2, 0.25) is 0 Å². The van der Waals surface area contributed by atoms with Crippen LogP contribution in [0.15, 0.2) is 4.99 Å². The molecule has 2 heteroatoms. The predicted octanol–water partition coefficient (Wildman–Crippen LogP) is 2.93. The van der Waals surface area contributed by atoms with E-state index in [4.69, 9.17) is 0 Å². The Balaban J connectivity index is 4.45. The van der Waals surface area contributed by atoms with Crippen molar-refractivity contribution in [2.75, 3.05) is 7.05 Å². The maximum Gasteiger partial charge on any atom is 0.107 e. The summed E-state index contributed by atoms with van der Waals surface area (Å²) in [6.45, 7) is 10.8. The molecule has 0 aromatic carbocycles. The molecule has 0 bridgehead atoms. The van der Waals surface area contributed by atoms with Crippen LogP contribution in [-0.4, -0.2) is 29.9 Å². The third-order valence-electron chi connectivity index (χ3n) is 2.80. The van der Waals surface area contributed by atoms with Gasteiger partial charge in [0.25, 0.3) is 0 Å². The van der Waals surface area contributed by atoms with Crippen LogP contribution in [0.5, 0.6) is 0 Å². The van der Waals surface area contributed by atoms with E-state index in [1.165, 1.54) is 12.8 Å². The smallest absolute Gasteiger partial charge is 0.107 e. The van der Waals surface area contributed by atoms with Gasteiger partial charge in [-0.15, -0.1) is 0 Å². The van der Waals surface area contributed by atoms with Gasteiger partial charge < -0.3 is 0 Å². The van der Waals surface area contributed by atoms with E-state index in [-0.39, 0.29) is 5.66 Å². The predicted molar refractivity (Wildman–Crippen MR) is 60.4 cm³/mol. The van der Waals surface area contributed by atoms with Gasteiger partial charge in [-0.25, -0.2) is 0 Å². The zero-order valence-corrected chi connectivity index (χ0v) is 9.96. The lowest BCUT2D eigenvalue weighted by Gasteiger charge is -2.37. The summed E-state index contributed by atoms with van der Waals surface area (Å²) in [5.41, 5.74) is -0.0641. The second kappa shape index (κ2) is 5.38.